The van der Waals surface area contributed by atoms with Crippen LogP contribution in [0.4, 0.5) is 10.5 Å². The largest absolute Gasteiger partial charge is 0.366 e. The second-order valence-electron chi connectivity index (χ2n) is 5.46. The van der Waals surface area contributed by atoms with Gasteiger partial charge in [0.15, 0.2) is 5.82 Å². The zero-order valence-electron chi connectivity index (χ0n) is 13.3. The molecule has 0 aliphatic carbocycles. The number of aromatic nitrogens is 3. The first-order chi connectivity index (χ1) is 10.9. The van der Waals surface area contributed by atoms with Crippen molar-refractivity contribution in [3.63, 3.8) is 0 Å². The fourth-order valence-electron chi connectivity index (χ4n) is 2.14. The van der Waals surface area contributed by atoms with E-state index >= 15 is 0 Å². The maximum Gasteiger partial charge on any atom is 0.319 e. The Balaban J connectivity index is 2.03. The average Bonchev–Trinajstić information content (AvgIpc) is 2.97. The molecule has 122 valence electrons. The highest BCUT2D eigenvalue weighted by Crippen LogP contribution is 2.15. The van der Waals surface area contributed by atoms with Crippen molar-refractivity contribution in [2.75, 3.05) is 5.32 Å². The summed E-state index contributed by atoms with van der Waals surface area (Å²) >= 11 is 0. The predicted molar refractivity (Wildman–Crippen MR) is 85.9 cm³/mol. The van der Waals surface area contributed by atoms with Gasteiger partial charge in [0, 0.05) is 17.3 Å². The zero-order valence-corrected chi connectivity index (χ0v) is 13.3. The van der Waals surface area contributed by atoms with E-state index < -0.39 is 11.9 Å². The number of benzene rings is 1. The van der Waals surface area contributed by atoms with Gasteiger partial charge in [0.2, 0.25) is 5.91 Å². The van der Waals surface area contributed by atoms with Crippen molar-refractivity contribution in [3.8, 4) is 0 Å². The molecule has 1 aromatic heterocycles. The molecule has 1 aromatic carbocycles. The molecule has 2 rings (SSSR count). The Morgan fingerprint density at radius 2 is 2.00 bits per heavy atom. The van der Waals surface area contributed by atoms with Gasteiger partial charge in [0.05, 0.1) is 6.04 Å². The molecule has 1 heterocycles. The van der Waals surface area contributed by atoms with Crippen molar-refractivity contribution in [1.82, 2.24) is 20.1 Å². The lowest BCUT2D eigenvalue weighted by Gasteiger charge is -2.17. The number of nitrogens with two attached hydrogens (primary N) is 1. The summed E-state index contributed by atoms with van der Waals surface area (Å²) in [5.74, 6) is 0.119. The second kappa shape index (κ2) is 6.91. The van der Waals surface area contributed by atoms with Gasteiger partial charge in [-0.3, -0.25) is 4.79 Å². The SMILES string of the molecule is CC(C)n1cnnc1[C@H](C)NC(=O)Nc1cccc(C(N)=O)c1. The van der Waals surface area contributed by atoms with Gasteiger partial charge in [-0.2, -0.15) is 0 Å². The van der Waals surface area contributed by atoms with E-state index in [9.17, 15) is 9.59 Å². The van der Waals surface area contributed by atoms with Crippen LogP contribution in [0.1, 0.15) is 49.0 Å². The minimum Gasteiger partial charge on any atom is -0.366 e. The monoisotopic (exact) mass is 316 g/mol. The molecule has 0 aliphatic heterocycles. The summed E-state index contributed by atoms with van der Waals surface area (Å²) in [6.07, 6.45) is 1.63. The van der Waals surface area contributed by atoms with Crippen LogP contribution < -0.4 is 16.4 Å². The summed E-state index contributed by atoms with van der Waals surface area (Å²) < 4.78 is 1.89. The molecule has 0 fully saturated rings. The predicted octanol–water partition coefficient (Wildman–Crippen LogP) is 1.84. The van der Waals surface area contributed by atoms with E-state index in [-0.39, 0.29) is 12.1 Å². The van der Waals surface area contributed by atoms with Crippen LogP contribution in [0.15, 0.2) is 30.6 Å². The average molecular weight is 316 g/mol. The Labute approximate surface area is 134 Å². The lowest BCUT2D eigenvalue weighted by Crippen LogP contribution is -2.32. The van der Waals surface area contributed by atoms with E-state index in [4.69, 9.17) is 5.73 Å². The van der Waals surface area contributed by atoms with Crippen LogP contribution >= 0.6 is 0 Å². The van der Waals surface area contributed by atoms with Crippen molar-refractivity contribution in [1.29, 1.82) is 0 Å². The number of carbonyl (C=O) groups excluding carboxylic acids is 2. The lowest BCUT2D eigenvalue weighted by molar-refractivity contribution is 0.1000. The molecule has 0 saturated carbocycles. The van der Waals surface area contributed by atoms with Crippen molar-refractivity contribution in [3.05, 3.63) is 42.0 Å². The fraction of sp³-hybridized carbons (Fsp3) is 0.333. The number of urea groups is 1. The lowest BCUT2D eigenvalue weighted by atomic mass is 10.2. The quantitative estimate of drug-likeness (QED) is 0.780. The van der Waals surface area contributed by atoms with Gasteiger partial charge in [-0.25, -0.2) is 4.79 Å². The maximum absolute atomic E-state index is 12.1. The van der Waals surface area contributed by atoms with Gasteiger partial charge in [0.1, 0.15) is 6.33 Å². The van der Waals surface area contributed by atoms with Crippen LogP contribution in [0, 0.1) is 0 Å². The Kier molecular flexibility index (Phi) is 4.95. The van der Waals surface area contributed by atoms with Crippen LogP contribution in [0.3, 0.4) is 0 Å². The number of nitrogens with zero attached hydrogens (tertiary/aromatic N) is 3. The van der Waals surface area contributed by atoms with Gasteiger partial charge in [-0.1, -0.05) is 6.07 Å². The molecule has 3 amide bonds. The Hall–Kier alpha value is -2.90. The highest BCUT2D eigenvalue weighted by atomic mass is 16.2. The van der Waals surface area contributed by atoms with Crippen molar-refractivity contribution < 1.29 is 9.59 Å². The molecule has 23 heavy (non-hydrogen) atoms. The molecule has 0 saturated heterocycles. The van der Waals surface area contributed by atoms with Crippen LogP contribution in [-0.4, -0.2) is 26.7 Å². The van der Waals surface area contributed by atoms with Crippen LogP contribution in [0.2, 0.25) is 0 Å². The summed E-state index contributed by atoms with van der Waals surface area (Å²) in [6, 6.07) is 5.89. The Bertz CT molecular complexity index is 709. The van der Waals surface area contributed by atoms with Gasteiger partial charge >= 0.3 is 6.03 Å². The van der Waals surface area contributed by atoms with Gasteiger partial charge in [-0.15, -0.1) is 10.2 Å². The van der Waals surface area contributed by atoms with Gasteiger partial charge < -0.3 is 20.9 Å². The van der Waals surface area contributed by atoms with Crippen LogP contribution in [0.25, 0.3) is 0 Å². The molecule has 1 atom stereocenters. The molecular formula is C15H20N6O2. The highest BCUT2D eigenvalue weighted by Gasteiger charge is 2.17. The van der Waals surface area contributed by atoms with Crippen molar-refractivity contribution in [2.45, 2.75) is 32.9 Å². The van der Waals surface area contributed by atoms with Gasteiger partial charge in [0.25, 0.3) is 0 Å². The molecule has 8 heteroatoms. The molecule has 4 N–H and O–H groups in total. The van der Waals surface area contributed by atoms with E-state index in [1.54, 1.807) is 24.5 Å². The summed E-state index contributed by atoms with van der Waals surface area (Å²) in [5, 5.41) is 13.4. The number of primary amides is 1. The van der Waals surface area contributed by atoms with Crippen molar-refractivity contribution >= 4 is 17.6 Å². The second-order valence-corrected chi connectivity index (χ2v) is 5.46. The maximum atomic E-state index is 12.1. The summed E-state index contributed by atoms with van der Waals surface area (Å²) in [5.41, 5.74) is 6.03. The Morgan fingerprint density at radius 3 is 2.65 bits per heavy atom. The third-order valence-electron chi connectivity index (χ3n) is 3.30. The molecule has 0 aliphatic rings. The van der Waals surface area contributed by atoms with E-state index in [0.717, 1.165) is 0 Å². The molecule has 0 spiro atoms. The Morgan fingerprint density at radius 1 is 1.26 bits per heavy atom. The van der Waals surface area contributed by atoms with E-state index in [2.05, 4.69) is 20.8 Å². The van der Waals surface area contributed by atoms with E-state index in [0.29, 0.717) is 17.1 Å². The van der Waals surface area contributed by atoms with E-state index in [1.165, 1.54) is 6.07 Å². The molecule has 0 unspecified atom stereocenters. The van der Waals surface area contributed by atoms with Crippen LogP contribution in [0.5, 0.6) is 0 Å². The number of nitrogens with one attached hydrogen (secondary N) is 2. The number of hydrogen-bond acceptors (Lipinski definition) is 4. The smallest absolute Gasteiger partial charge is 0.319 e. The first kappa shape index (κ1) is 16.5. The number of amides is 3. The number of hydrogen-bond donors (Lipinski definition) is 3. The third-order valence-corrected chi connectivity index (χ3v) is 3.30. The van der Waals surface area contributed by atoms with E-state index in [1.807, 2.05) is 25.3 Å². The highest BCUT2D eigenvalue weighted by molar-refractivity contribution is 5.95. The standard InChI is InChI=1S/C15H20N6O2/c1-9(2)21-8-17-20-14(21)10(3)18-15(23)19-12-6-4-5-11(7-12)13(16)22/h4-10H,1-3H3,(H2,16,22)(H2,18,19,23)/t10-/m0/s1. The molecular weight excluding hydrogens is 296 g/mol. The first-order valence-electron chi connectivity index (χ1n) is 7.25. The third kappa shape index (κ3) is 4.06. The zero-order chi connectivity index (χ0) is 17.0. The topological polar surface area (TPSA) is 115 Å². The van der Waals surface area contributed by atoms with Crippen LogP contribution in [-0.2, 0) is 0 Å². The molecule has 8 nitrogen and oxygen atoms in total. The minimum atomic E-state index is -0.549. The van der Waals surface area contributed by atoms with Crippen molar-refractivity contribution in [2.24, 2.45) is 5.73 Å². The summed E-state index contributed by atoms with van der Waals surface area (Å²) in [4.78, 5) is 23.2. The number of anilines is 1. The minimum absolute atomic E-state index is 0.194. The summed E-state index contributed by atoms with van der Waals surface area (Å²) in [7, 11) is 0. The number of carbonyl (C=O) groups is 2. The fourth-order valence-corrected chi connectivity index (χ4v) is 2.14. The number of rotatable bonds is 5. The molecule has 0 radical (unpaired) electrons. The molecule has 0 bridgehead atoms. The van der Waals surface area contributed by atoms with Gasteiger partial charge in [-0.05, 0) is 39.0 Å². The first-order valence-corrected chi connectivity index (χ1v) is 7.25. The molecule has 2 aromatic rings. The normalized spacial score (nSPS) is 12.0. The summed E-state index contributed by atoms with van der Waals surface area (Å²) in [6.45, 7) is 5.84.